The summed E-state index contributed by atoms with van der Waals surface area (Å²) in [6.45, 7) is 2.51. The minimum atomic E-state index is -4.64. The summed E-state index contributed by atoms with van der Waals surface area (Å²) in [5.74, 6) is -1.68. The normalized spacial score (nSPS) is 19.1. The van der Waals surface area contributed by atoms with Crippen molar-refractivity contribution in [3.63, 3.8) is 0 Å². The molecule has 0 radical (unpaired) electrons. The number of hydrogen-bond acceptors (Lipinski definition) is 5. The predicted molar refractivity (Wildman–Crippen MR) is 70.0 cm³/mol. The standard InChI is InChI=1S/C12H13F3N6O/c1-6-4-8(20-3-2-7(5-20)9(16)22)21-11(17-6)18-10(19-21)12(13,14)15/h4,7H,2-3,5H2,1H3,(H2,16,22). The van der Waals surface area contributed by atoms with Crippen LogP contribution in [0.15, 0.2) is 6.07 Å². The maximum atomic E-state index is 12.8. The van der Waals surface area contributed by atoms with E-state index >= 15 is 0 Å². The Bertz CT molecular complexity index is 740. The molecule has 0 aliphatic carbocycles. The number of aromatic nitrogens is 4. The van der Waals surface area contributed by atoms with Crippen molar-refractivity contribution in [1.29, 1.82) is 0 Å². The molecule has 1 saturated heterocycles. The summed E-state index contributed by atoms with van der Waals surface area (Å²) in [5, 5.41) is 3.50. The molecule has 0 bridgehead atoms. The van der Waals surface area contributed by atoms with Gasteiger partial charge in [0, 0.05) is 24.8 Å². The molecule has 3 rings (SSSR count). The van der Waals surface area contributed by atoms with Gasteiger partial charge in [0.05, 0.1) is 5.92 Å². The van der Waals surface area contributed by atoms with Gasteiger partial charge in [0.2, 0.25) is 5.91 Å². The highest BCUT2D eigenvalue weighted by Crippen LogP contribution is 2.29. The topological polar surface area (TPSA) is 89.4 Å². The molecule has 118 valence electrons. The molecule has 22 heavy (non-hydrogen) atoms. The number of hydrogen-bond donors (Lipinski definition) is 1. The largest absolute Gasteiger partial charge is 0.453 e. The van der Waals surface area contributed by atoms with E-state index in [9.17, 15) is 18.0 Å². The number of nitrogens with two attached hydrogens (primary N) is 1. The molecule has 2 aromatic heterocycles. The molecule has 1 aliphatic rings. The second-order valence-electron chi connectivity index (χ2n) is 5.23. The molecule has 2 N–H and O–H groups in total. The summed E-state index contributed by atoms with van der Waals surface area (Å²) in [7, 11) is 0. The lowest BCUT2D eigenvalue weighted by Crippen LogP contribution is -2.28. The van der Waals surface area contributed by atoms with E-state index in [2.05, 4.69) is 15.1 Å². The van der Waals surface area contributed by atoms with Gasteiger partial charge in [-0.3, -0.25) is 4.79 Å². The van der Waals surface area contributed by atoms with E-state index in [0.717, 1.165) is 4.52 Å². The number of carbonyl (C=O) groups is 1. The summed E-state index contributed by atoms with van der Waals surface area (Å²) >= 11 is 0. The van der Waals surface area contributed by atoms with Crippen LogP contribution in [-0.2, 0) is 11.0 Å². The lowest BCUT2D eigenvalue weighted by molar-refractivity contribution is -0.144. The van der Waals surface area contributed by atoms with Crippen LogP contribution in [0.4, 0.5) is 19.0 Å². The number of rotatable bonds is 2. The number of aryl methyl sites for hydroxylation is 1. The van der Waals surface area contributed by atoms with Gasteiger partial charge < -0.3 is 10.6 Å². The van der Waals surface area contributed by atoms with Crippen LogP contribution >= 0.6 is 0 Å². The van der Waals surface area contributed by atoms with E-state index in [0.29, 0.717) is 31.0 Å². The van der Waals surface area contributed by atoms with Gasteiger partial charge in [0.25, 0.3) is 11.6 Å². The van der Waals surface area contributed by atoms with E-state index in [1.54, 1.807) is 17.9 Å². The Balaban J connectivity index is 2.06. The average Bonchev–Trinajstić information content (AvgIpc) is 3.03. The molecular formula is C12H13F3N6O. The highest BCUT2D eigenvalue weighted by molar-refractivity contribution is 5.78. The highest BCUT2D eigenvalue weighted by Gasteiger charge is 2.37. The van der Waals surface area contributed by atoms with Gasteiger partial charge in [0.1, 0.15) is 5.82 Å². The molecule has 3 heterocycles. The van der Waals surface area contributed by atoms with E-state index in [1.807, 2.05) is 0 Å². The summed E-state index contributed by atoms with van der Waals surface area (Å²) in [6.07, 6.45) is -4.08. The molecule has 1 aliphatic heterocycles. The van der Waals surface area contributed by atoms with Crippen molar-refractivity contribution in [3.05, 3.63) is 17.6 Å². The van der Waals surface area contributed by atoms with Crippen LogP contribution < -0.4 is 10.6 Å². The van der Waals surface area contributed by atoms with Crippen molar-refractivity contribution in [1.82, 2.24) is 19.6 Å². The van der Waals surface area contributed by atoms with Crippen molar-refractivity contribution >= 4 is 17.5 Å². The Morgan fingerprint density at radius 1 is 1.41 bits per heavy atom. The van der Waals surface area contributed by atoms with Crippen LogP contribution in [0.3, 0.4) is 0 Å². The van der Waals surface area contributed by atoms with Crippen LogP contribution in [0.2, 0.25) is 0 Å². The second-order valence-corrected chi connectivity index (χ2v) is 5.23. The van der Waals surface area contributed by atoms with Crippen molar-refractivity contribution in [2.45, 2.75) is 19.5 Å². The Morgan fingerprint density at radius 2 is 2.14 bits per heavy atom. The van der Waals surface area contributed by atoms with Crippen molar-refractivity contribution < 1.29 is 18.0 Å². The fraction of sp³-hybridized carbons (Fsp3) is 0.500. The first-order valence-corrected chi connectivity index (χ1v) is 6.61. The van der Waals surface area contributed by atoms with Gasteiger partial charge in [-0.15, -0.1) is 5.10 Å². The fourth-order valence-electron chi connectivity index (χ4n) is 2.51. The molecule has 0 saturated carbocycles. The first kappa shape index (κ1) is 14.5. The predicted octanol–water partition coefficient (Wildman–Crippen LogP) is 0.763. The second kappa shape index (κ2) is 4.82. The molecule has 10 heteroatoms. The third-order valence-corrected chi connectivity index (χ3v) is 3.59. The average molecular weight is 314 g/mol. The molecule has 7 nitrogen and oxygen atoms in total. The molecule has 1 amide bonds. The van der Waals surface area contributed by atoms with Gasteiger partial charge in [-0.2, -0.15) is 22.7 Å². The van der Waals surface area contributed by atoms with Gasteiger partial charge in [0.15, 0.2) is 0 Å². The fourth-order valence-corrected chi connectivity index (χ4v) is 2.51. The zero-order valence-electron chi connectivity index (χ0n) is 11.6. The molecular weight excluding hydrogens is 301 g/mol. The highest BCUT2D eigenvalue weighted by atomic mass is 19.4. The Kier molecular flexibility index (Phi) is 3.18. The zero-order chi connectivity index (χ0) is 16.1. The first-order chi connectivity index (χ1) is 10.3. The number of amides is 1. The number of fused-ring (bicyclic) bond motifs is 1. The first-order valence-electron chi connectivity index (χ1n) is 6.61. The van der Waals surface area contributed by atoms with Crippen molar-refractivity contribution in [2.75, 3.05) is 18.0 Å². The van der Waals surface area contributed by atoms with E-state index in [-0.39, 0.29) is 11.7 Å². The van der Waals surface area contributed by atoms with Crippen LogP contribution in [0.5, 0.6) is 0 Å². The summed E-state index contributed by atoms with van der Waals surface area (Å²) < 4.78 is 39.3. The summed E-state index contributed by atoms with van der Waals surface area (Å²) in [4.78, 5) is 20.4. The smallest absolute Gasteiger partial charge is 0.369 e. The van der Waals surface area contributed by atoms with E-state index in [1.165, 1.54) is 0 Å². The van der Waals surface area contributed by atoms with Crippen LogP contribution in [0, 0.1) is 12.8 Å². The number of carbonyl (C=O) groups excluding carboxylic acids is 1. The zero-order valence-corrected chi connectivity index (χ0v) is 11.6. The summed E-state index contributed by atoms with van der Waals surface area (Å²) in [5.41, 5.74) is 5.80. The summed E-state index contributed by atoms with van der Waals surface area (Å²) in [6, 6.07) is 1.62. The molecule has 1 fully saturated rings. The Labute approximate surface area is 122 Å². The SMILES string of the molecule is Cc1cc(N2CCC(C(N)=O)C2)n2nc(C(F)(F)F)nc2n1. The lowest BCUT2D eigenvalue weighted by atomic mass is 10.1. The maximum Gasteiger partial charge on any atom is 0.453 e. The van der Waals surface area contributed by atoms with E-state index < -0.39 is 17.9 Å². The van der Waals surface area contributed by atoms with Crippen LogP contribution in [0.1, 0.15) is 17.9 Å². The third kappa shape index (κ3) is 2.44. The van der Waals surface area contributed by atoms with Gasteiger partial charge in [-0.05, 0) is 13.3 Å². The van der Waals surface area contributed by atoms with Crippen molar-refractivity contribution in [2.24, 2.45) is 11.7 Å². The number of alkyl halides is 3. The Hall–Kier alpha value is -2.39. The number of anilines is 1. The van der Waals surface area contributed by atoms with Crippen LogP contribution in [-0.4, -0.2) is 38.6 Å². The minimum Gasteiger partial charge on any atom is -0.369 e. The Morgan fingerprint density at radius 3 is 2.73 bits per heavy atom. The molecule has 1 atom stereocenters. The maximum absolute atomic E-state index is 12.8. The molecule has 2 aromatic rings. The van der Waals surface area contributed by atoms with Gasteiger partial charge in [-0.1, -0.05) is 0 Å². The van der Waals surface area contributed by atoms with Crippen LogP contribution in [0.25, 0.3) is 5.78 Å². The number of halogens is 3. The minimum absolute atomic E-state index is 0.121. The number of nitrogens with zero attached hydrogens (tertiary/aromatic N) is 5. The third-order valence-electron chi connectivity index (χ3n) is 3.59. The monoisotopic (exact) mass is 314 g/mol. The quantitative estimate of drug-likeness (QED) is 0.884. The van der Waals surface area contributed by atoms with Gasteiger partial charge in [-0.25, -0.2) is 4.98 Å². The lowest BCUT2D eigenvalue weighted by Gasteiger charge is -2.18. The van der Waals surface area contributed by atoms with E-state index in [4.69, 9.17) is 5.73 Å². The number of primary amides is 1. The molecule has 0 aromatic carbocycles. The molecule has 1 unspecified atom stereocenters. The van der Waals surface area contributed by atoms with Crippen molar-refractivity contribution in [3.8, 4) is 0 Å². The van der Waals surface area contributed by atoms with Gasteiger partial charge >= 0.3 is 6.18 Å². The molecule has 0 spiro atoms.